The Morgan fingerprint density at radius 1 is 1.29 bits per heavy atom. The SMILES string of the molecule is CCNS(=O)(=O)c1cc2c(cc1C)OC(C)O2. The molecule has 0 bridgehead atoms. The lowest BCUT2D eigenvalue weighted by molar-refractivity contribution is 0.0678. The number of benzene rings is 1. The van der Waals surface area contributed by atoms with E-state index in [1.165, 1.54) is 6.07 Å². The van der Waals surface area contributed by atoms with Crippen LogP contribution in [0.2, 0.25) is 0 Å². The van der Waals surface area contributed by atoms with Gasteiger partial charge in [-0.3, -0.25) is 0 Å². The Bertz CT molecular complexity index is 539. The van der Waals surface area contributed by atoms with E-state index < -0.39 is 10.0 Å². The van der Waals surface area contributed by atoms with E-state index in [0.717, 1.165) is 0 Å². The van der Waals surface area contributed by atoms with Gasteiger partial charge in [-0.25, -0.2) is 13.1 Å². The van der Waals surface area contributed by atoms with Crippen LogP contribution in [-0.2, 0) is 10.0 Å². The molecule has 0 radical (unpaired) electrons. The molecule has 1 heterocycles. The van der Waals surface area contributed by atoms with Gasteiger partial charge in [-0.05, 0) is 18.6 Å². The largest absolute Gasteiger partial charge is 0.451 e. The second-order valence-corrected chi connectivity index (χ2v) is 5.60. The van der Waals surface area contributed by atoms with Gasteiger partial charge in [-0.1, -0.05) is 6.92 Å². The highest BCUT2D eigenvalue weighted by molar-refractivity contribution is 7.89. The zero-order chi connectivity index (χ0) is 12.6. The average molecular weight is 257 g/mol. The van der Waals surface area contributed by atoms with E-state index in [9.17, 15) is 8.42 Å². The van der Waals surface area contributed by atoms with Gasteiger partial charge in [-0.2, -0.15) is 0 Å². The first-order chi connectivity index (χ1) is 7.94. The summed E-state index contributed by atoms with van der Waals surface area (Å²) in [5, 5.41) is 0. The minimum absolute atomic E-state index is 0.232. The fraction of sp³-hybridized carbons (Fsp3) is 0.455. The highest BCUT2D eigenvalue weighted by Gasteiger charge is 2.25. The van der Waals surface area contributed by atoms with Crippen LogP contribution < -0.4 is 14.2 Å². The molecule has 0 fully saturated rings. The second kappa shape index (κ2) is 4.19. The maximum atomic E-state index is 11.9. The van der Waals surface area contributed by atoms with Gasteiger partial charge < -0.3 is 9.47 Å². The van der Waals surface area contributed by atoms with Crippen molar-refractivity contribution < 1.29 is 17.9 Å². The molecule has 1 aliphatic heterocycles. The van der Waals surface area contributed by atoms with E-state index in [4.69, 9.17) is 9.47 Å². The van der Waals surface area contributed by atoms with Crippen LogP contribution in [0.4, 0.5) is 0 Å². The van der Waals surface area contributed by atoms with Gasteiger partial charge in [0.05, 0.1) is 4.90 Å². The Labute approximate surface area is 101 Å². The van der Waals surface area contributed by atoms with Crippen LogP contribution in [0.5, 0.6) is 11.5 Å². The summed E-state index contributed by atoms with van der Waals surface area (Å²) >= 11 is 0. The molecule has 94 valence electrons. The van der Waals surface area contributed by atoms with E-state index in [-0.39, 0.29) is 11.2 Å². The fourth-order valence-corrected chi connectivity index (χ4v) is 3.05. The molecule has 0 saturated carbocycles. The maximum Gasteiger partial charge on any atom is 0.240 e. The van der Waals surface area contributed by atoms with Crippen molar-refractivity contribution in [3.8, 4) is 11.5 Å². The van der Waals surface area contributed by atoms with Crippen LogP contribution in [0, 0.1) is 6.92 Å². The van der Waals surface area contributed by atoms with Gasteiger partial charge in [0.25, 0.3) is 0 Å². The van der Waals surface area contributed by atoms with E-state index in [0.29, 0.717) is 23.6 Å². The van der Waals surface area contributed by atoms with Gasteiger partial charge in [-0.15, -0.1) is 0 Å². The molecule has 0 aromatic heterocycles. The summed E-state index contributed by atoms with van der Waals surface area (Å²) in [6, 6.07) is 3.19. The number of aryl methyl sites for hydroxylation is 1. The van der Waals surface area contributed by atoms with E-state index in [1.54, 1.807) is 26.8 Å². The van der Waals surface area contributed by atoms with Crippen molar-refractivity contribution in [2.45, 2.75) is 32.0 Å². The Kier molecular flexibility index (Phi) is 3.01. The number of hydrogen-bond donors (Lipinski definition) is 1. The molecule has 1 aliphatic rings. The van der Waals surface area contributed by atoms with E-state index in [1.807, 2.05) is 0 Å². The molecule has 1 N–H and O–H groups in total. The standard InChI is InChI=1S/C11H15NO4S/c1-4-12-17(13,14)11-6-10-9(5-7(11)2)15-8(3)16-10/h5-6,8,12H,4H2,1-3H3. The molecule has 1 unspecified atom stereocenters. The Hall–Kier alpha value is -1.27. The Balaban J connectivity index is 2.48. The number of fused-ring (bicyclic) bond motifs is 1. The van der Waals surface area contributed by atoms with Gasteiger partial charge in [0, 0.05) is 19.5 Å². The summed E-state index contributed by atoms with van der Waals surface area (Å²) in [7, 11) is -3.47. The molecule has 1 aromatic rings. The summed E-state index contributed by atoms with van der Waals surface area (Å²) in [5.41, 5.74) is 0.641. The van der Waals surface area contributed by atoms with Crippen molar-refractivity contribution in [3.63, 3.8) is 0 Å². The van der Waals surface area contributed by atoms with Crippen molar-refractivity contribution in [1.29, 1.82) is 0 Å². The topological polar surface area (TPSA) is 64.6 Å². The zero-order valence-corrected chi connectivity index (χ0v) is 10.8. The van der Waals surface area contributed by atoms with Crippen molar-refractivity contribution in [3.05, 3.63) is 17.7 Å². The third-order valence-electron chi connectivity index (χ3n) is 2.45. The molecule has 0 spiro atoms. The predicted molar refractivity (Wildman–Crippen MR) is 62.8 cm³/mol. The van der Waals surface area contributed by atoms with Crippen LogP contribution >= 0.6 is 0 Å². The van der Waals surface area contributed by atoms with Crippen LogP contribution in [0.1, 0.15) is 19.4 Å². The number of rotatable bonds is 3. The summed E-state index contributed by atoms with van der Waals surface area (Å²) in [5.74, 6) is 1.06. The van der Waals surface area contributed by atoms with Crippen molar-refractivity contribution in [2.75, 3.05) is 6.54 Å². The van der Waals surface area contributed by atoms with Crippen LogP contribution in [0.3, 0.4) is 0 Å². The average Bonchev–Trinajstić information content (AvgIpc) is 2.55. The van der Waals surface area contributed by atoms with E-state index >= 15 is 0 Å². The highest BCUT2D eigenvalue weighted by atomic mass is 32.2. The normalized spacial score (nSPS) is 18.4. The molecule has 0 saturated heterocycles. The van der Waals surface area contributed by atoms with Crippen molar-refractivity contribution >= 4 is 10.0 Å². The number of nitrogens with one attached hydrogen (secondary N) is 1. The highest BCUT2D eigenvalue weighted by Crippen LogP contribution is 2.38. The van der Waals surface area contributed by atoms with Crippen LogP contribution in [-0.4, -0.2) is 21.3 Å². The van der Waals surface area contributed by atoms with E-state index in [2.05, 4.69) is 4.72 Å². The molecule has 0 aliphatic carbocycles. The summed E-state index contributed by atoms with van der Waals surface area (Å²) in [6.45, 7) is 5.58. The van der Waals surface area contributed by atoms with Gasteiger partial charge in [0.15, 0.2) is 11.5 Å². The molecular weight excluding hydrogens is 242 g/mol. The maximum absolute atomic E-state index is 11.9. The first-order valence-corrected chi connectivity index (χ1v) is 6.90. The Morgan fingerprint density at radius 3 is 2.47 bits per heavy atom. The van der Waals surface area contributed by atoms with Gasteiger partial charge in [0.2, 0.25) is 16.3 Å². The monoisotopic (exact) mass is 257 g/mol. The molecular formula is C11H15NO4S. The minimum Gasteiger partial charge on any atom is -0.451 e. The first-order valence-electron chi connectivity index (χ1n) is 5.41. The van der Waals surface area contributed by atoms with Crippen molar-refractivity contribution in [1.82, 2.24) is 4.72 Å². The molecule has 2 rings (SSSR count). The molecule has 5 nitrogen and oxygen atoms in total. The summed E-state index contributed by atoms with van der Waals surface area (Å²) in [6.07, 6.45) is -0.374. The van der Waals surface area contributed by atoms with Crippen LogP contribution in [0.15, 0.2) is 17.0 Å². The Morgan fingerprint density at radius 2 is 1.88 bits per heavy atom. The van der Waals surface area contributed by atoms with Gasteiger partial charge >= 0.3 is 0 Å². The fourth-order valence-electron chi connectivity index (χ4n) is 1.77. The molecule has 6 heteroatoms. The lowest BCUT2D eigenvalue weighted by Crippen LogP contribution is -2.23. The smallest absolute Gasteiger partial charge is 0.240 e. The summed E-state index contributed by atoms with van der Waals surface area (Å²) < 4.78 is 37.1. The second-order valence-electron chi connectivity index (χ2n) is 3.87. The molecule has 17 heavy (non-hydrogen) atoms. The molecule has 1 aromatic carbocycles. The number of ether oxygens (including phenoxy) is 2. The quantitative estimate of drug-likeness (QED) is 0.889. The zero-order valence-electron chi connectivity index (χ0n) is 9.98. The first kappa shape index (κ1) is 12.2. The third-order valence-corrected chi connectivity index (χ3v) is 4.14. The lowest BCUT2D eigenvalue weighted by Gasteiger charge is -2.08. The minimum atomic E-state index is -3.47. The van der Waals surface area contributed by atoms with Crippen LogP contribution in [0.25, 0.3) is 0 Å². The summed E-state index contributed by atoms with van der Waals surface area (Å²) in [4.78, 5) is 0.232. The number of sulfonamides is 1. The van der Waals surface area contributed by atoms with Crippen molar-refractivity contribution in [2.24, 2.45) is 0 Å². The lowest BCUT2D eigenvalue weighted by atomic mass is 10.2. The predicted octanol–water partition coefficient (Wildman–Crippen LogP) is 1.41. The number of hydrogen-bond acceptors (Lipinski definition) is 4. The third kappa shape index (κ3) is 2.23. The molecule has 0 amide bonds. The molecule has 1 atom stereocenters. The van der Waals surface area contributed by atoms with Gasteiger partial charge in [0.1, 0.15) is 0 Å².